The number of alkyl carbamates (subject to hydrolysis) is 1. The zero-order chi connectivity index (χ0) is 44.4. The van der Waals surface area contributed by atoms with Gasteiger partial charge in [-0.3, -0.25) is 19.2 Å². The first-order valence-corrected chi connectivity index (χ1v) is 19.3. The van der Waals surface area contributed by atoms with E-state index < -0.39 is 84.9 Å². The summed E-state index contributed by atoms with van der Waals surface area (Å²) >= 11 is 0. The predicted molar refractivity (Wildman–Crippen MR) is 217 cm³/mol. The third-order valence-corrected chi connectivity index (χ3v) is 9.31. The molecule has 0 saturated heterocycles. The molecule has 0 aromatic heterocycles. The molecule has 4 rings (SSSR count). The second-order valence-electron chi connectivity index (χ2n) is 14.2. The summed E-state index contributed by atoms with van der Waals surface area (Å²) in [6.07, 6.45) is -6.71. The van der Waals surface area contributed by atoms with Gasteiger partial charge in [0.15, 0.2) is 0 Å². The average Bonchev–Trinajstić information content (AvgIpc) is 3.24. The van der Waals surface area contributed by atoms with Crippen LogP contribution in [0.25, 0.3) is 0 Å². The maximum absolute atomic E-state index is 13.6. The first-order chi connectivity index (χ1) is 29.1. The van der Waals surface area contributed by atoms with Crippen molar-refractivity contribution in [1.82, 2.24) is 26.6 Å². The Morgan fingerprint density at radius 1 is 0.590 bits per heavy atom. The molecule has 6 N–H and O–H groups in total. The lowest BCUT2D eigenvalue weighted by atomic mass is 10.00. The number of hydrogen-bond donors (Lipinski definition) is 6. The number of nitrogens with one attached hydrogen (secondary N) is 5. The molecule has 4 aromatic rings. The fraction of sp³-hybridized carbons (Fsp3) is 0.318. The van der Waals surface area contributed by atoms with Crippen LogP contribution in [0.1, 0.15) is 42.5 Å². The molecule has 14 nitrogen and oxygen atoms in total. The number of ether oxygens (including phenoxy) is 2. The molecular formula is C44H48F3N5O9. The molecule has 5 atom stereocenters. The van der Waals surface area contributed by atoms with Crippen LogP contribution in [0, 0.1) is 5.92 Å². The number of alkyl halides is 3. The summed E-state index contributed by atoms with van der Waals surface area (Å²) in [6, 6.07) is 27.8. The quantitative estimate of drug-likeness (QED) is 0.0693. The Bertz CT molecular complexity index is 2060. The highest BCUT2D eigenvalue weighted by Gasteiger charge is 2.39. The molecule has 0 unspecified atom stereocenters. The first-order valence-electron chi connectivity index (χ1n) is 19.3. The second kappa shape index (κ2) is 23.0. The zero-order valence-electron chi connectivity index (χ0n) is 33.4. The predicted octanol–water partition coefficient (Wildman–Crippen LogP) is 4.61. The minimum atomic E-state index is -4.71. The molecule has 324 valence electrons. The number of amides is 5. The summed E-state index contributed by atoms with van der Waals surface area (Å²) in [7, 11) is 0. The van der Waals surface area contributed by atoms with Crippen molar-refractivity contribution >= 4 is 35.7 Å². The smallest absolute Gasteiger partial charge is 0.408 e. The summed E-state index contributed by atoms with van der Waals surface area (Å²) in [5.74, 6) is -6.68. The van der Waals surface area contributed by atoms with Gasteiger partial charge in [0, 0.05) is 12.8 Å². The maximum atomic E-state index is 13.6. The topological polar surface area (TPSA) is 201 Å². The molecule has 17 heteroatoms. The second-order valence-corrected chi connectivity index (χ2v) is 14.2. The van der Waals surface area contributed by atoms with Crippen LogP contribution >= 0.6 is 0 Å². The number of hydrogen-bond acceptors (Lipinski definition) is 8. The Balaban J connectivity index is 1.37. The van der Waals surface area contributed by atoms with Crippen LogP contribution in [-0.4, -0.2) is 77.7 Å². The monoisotopic (exact) mass is 847 g/mol. The number of carbonyl (C=O) groups is 6. The lowest BCUT2D eigenvalue weighted by Crippen LogP contribution is -2.56. The van der Waals surface area contributed by atoms with Gasteiger partial charge in [-0.05, 0) is 47.7 Å². The van der Waals surface area contributed by atoms with E-state index in [4.69, 9.17) is 9.47 Å². The molecule has 5 amide bonds. The van der Waals surface area contributed by atoms with E-state index in [1.807, 2.05) is 30.3 Å². The Hall–Kier alpha value is -6.91. The van der Waals surface area contributed by atoms with Gasteiger partial charge in [0.2, 0.25) is 23.6 Å². The average molecular weight is 848 g/mol. The Morgan fingerprint density at radius 3 is 1.62 bits per heavy atom. The van der Waals surface area contributed by atoms with E-state index >= 15 is 0 Å². The summed E-state index contributed by atoms with van der Waals surface area (Å²) in [4.78, 5) is 77.6. The molecular weight excluding hydrogens is 800 g/mol. The molecule has 0 bridgehead atoms. The van der Waals surface area contributed by atoms with Crippen LogP contribution < -0.4 is 31.3 Å². The number of carboxylic acid groups (broad SMARTS) is 1. The fourth-order valence-electron chi connectivity index (χ4n) is 5.80. The highest BCUT2D eigenvalue weighted by atomic mass is 19.4. The molecule has 0 spiro atoms. The molecule has 61 heavy (non-hydrogen) atoms. The van der Waals surface area contributed by atoms with Gasteiger partial charge in [-0.25, -0.2) is 9.59 Å². The SMILES string of the molecule is C[C@@H](NC(=O)[C@H](Cc1ccc(OCc2ccccc2)cc1)NC(=O)OCc1ccccc1)C(=O)NCC(=O)N[C@@H](Cc1ccccc1)C(=O)N[C@@H](C[C@H](C)C(F)(F)F)C(=O)O. The number of rotatable bonds is 21. The summed E-state index contributed by atoms with van der Waals surface area (Å²) < 4.78 is 50.8. The van der Waals surface area contributed by atoms with Gasteiger partial charge in [0.25, 0.3) is 0 Å². The summed E-state index contributed by atoms with van der Waals surface area (Å²) in [5, 5.41) is 21.5. The Labute approximate surface area is 350 Å². The van der Waals surface area contributed by atoms with Gasteiger partial charge in [-0.1, -0.05) is 110 Å². The van der Waals surface area contributed by atoms with Crippen LogP contribution in [-0.2, 0) is 54.8 Å². The first kappa shape index (κ1) is 46.8. The van der Waals surface area contributed by atoms with Gasteiger partial charge >= 0.3 is 18.2 Å². The van der Waals surface area contributed by atoms with Gasteiger partial charge in [0.1, 0.15) is 43.1 Å². The third kappa shape index (κ3) is 16.3. The largest absolute Gasteiger partial charge is 0.489 e. The van der Waals surface area contributed by atoms with Crippen molar-refractivity contribution in [3.63, 3.8) is 0 Å². The Morgan fingerprint density at radius 2 is 1.08 bits per heavy atom. The minimum absolute atomic E-state index is 0.00923. The van der Waals surface area contributed by atoms with Gasteiger partial charge < -0.3 is 41.2 Å². The standard InChI is InChI=1S/C44H48F3N5O9/c1-28(44(45,46)47)22-37(42(57)58)51-41(56)35(23-30-12-6-3-7-13-30)50-38(53)25-48-39(54)29(2)49-40(55)36(52-43(59)61-27-33-16-10-5-11-17-33)24-31-18-20-34(21-19-31)60-26-32-14-8-4-9-15-32/h3-21,28-29,35-37H,22-27H2,1-2H3,(H,48,54)(H,49,55)(H,50,53)(H,51,56)(H,52,59)(H,57,58)/t28-,29+,35-,36-,37-/m0/s1. The van der Waals surface area contributed by atoms with E-state index in [-0.39, 0.29) is 19.4 Å². The molecule has 0 radical (unpaired) electrons. The molecule has 4 aromatic carbocycles. The third-order valence-electron chi connectivity index (χ3n) is 9.31. The number of aliphatic carboxylic acids is 1. The highest BCUT2D eigenvalue weighted by molar-refractivity contribution is 5.94. The van der Waals surface area contributed by atoms with Crippen LogP contribution in [0.3, 0.4) is 0 Å². The lowest BCUT2D eigenvalue weighted by Gasteiger charge is -2.24. The van der Waals surface area contributed by atoms with Crippen LogP contribution in [0.5, 0.6) is 5.75 Å². The molecule has 0 heterocycles. The van der Waals surface area contributed by atoms with E-state index in [0.717, 1.165) is 12.5 Å². The van der Waals surface area contributed by atoms with Crippen molar-refractivity contribution in [2.24, 2.45) is 5.92 Å². The fourth-order valence-corrected chi connectivity index (χ4v) is 5.80. The number of carbonyl (C=O) groups excluding carboxylic acids is 5. The van der Waals surface area contributed by atoms with Crippen molar-refractivity contribution in [3.05, 3.63) is 138 Å². The zero-order valence-corrected chi connectivity index (χ0v) is 33.4. The van der Waals surface area contributed by atoms with E-state index in [9.17, 15) is 47.0 Å². The van der Waals surface area contributed by atoms with Crippen molar-refractivity contribution in [2.75, 3.05) is 6.54 Å². The molecule has 0 aliphatic heterocycles. The number of halogens is 3. The van der Waals surface area contributed by atoms with Crippen molar-refractivity contribution in [1.29, 1.82) is 0 Å². The van der Waals surface area contributed by atoms with Crippen molar-refractivity contribution < 1.29 is 56.5 Å². The van der Waals surface area contributed by atoms with E-state index in [1.54, 1.807) is 84.9 Å². The van der Waals surface area contributed by atoms with E-state index in [1.165, 1.54) is 6.92 Å². The maximum Gasteiger partial charge on any atom is 0.408 e. The van der Waals surface area contributed by atoms with Crippen molar-refractivity contribution in [3.8, 4) is 5.75 Å². The normalized spacial score (nSPS) is 13.5. The number of benzene rings is 4. The van der Waals surface area contributed by atoms with Gasteiger partial charge in [-0.2, -0.15) is 13.2 Å². The highest BCUT2D eigenvalue weighted by Crippen LogP contribution is 2.29. The van der Waals surface area contributed by atoms with E-state index in [2.05, 4.69) is 26.6 Å². The summed E-state index contributed by atoms with van der Waals surface area (Å²) in [6.45, 7) is 1.70. The molecule has 0 saturated carbocycles. The Kier molecular flexibility index (Phi) is 17.7. The lowest BCUT2D eigenvalue weighted by molar-refractivity contribution is -0.175. The molecule has 0 aliphatic rings. The van der Waals surface area contributed by atoms with Crippen LogP contribution in [0.2, 0.25) is 0 Å². The number of carboxylic acids is 1. The molecule has 0 aliphatic carbocycles. The minimum Gasteiger partial charge on any atom is -0.489 e. The van der Waals surface area contributed by atoms with Gasteiger partial charge in [-0.15, -0.1) is 0 Å². The van der Waals surface area contributed by atoms with E-state index in [0.29, 0.717) is 29.0 Å². The van der Waals surface area contributed by atoms with Crippen LogP contribution in [0.15, 0.2) is 115 Å². The molecule has 0 fully saturated rings. The van der Waals surface area contributed by atoms with Crippen molar-refractivity contribution in [2.45, 2.75) is 76.7 Å². The van der Waals surface area contributed by atoms with Gasteiger partial charge in [0.05, 0.1) is 12.5 Å². The summed E-state index contributed by atoms with van der Waals surface area (Å²) in [5.41, 5.74) is 2.87. The van der Waals surface area contributed by atoms with Crippen LogP contribution in [0.4, 0.5) is 18.0 Å².